The lowest BCUT2D eigenvalue weighted by molar-refractivity contribution is -0.122. The third kappa shape index (κ3) is 4.23. The molecule has 0 atom stereocenters. The minimum atomic E-state index is -0.250. The first kappa shape index (κ1) is 12.1. The quantitative estimate of drug-likeness (QED) is 0.566. The Kier molecular flexibility index (Phi) is 6.70. The molecule has 1 aromatic rings. The first-order valence-corrected chi connectivity index (χ1v) is 5.18. The van der Waals surface area contributed by atoms with E-state index in [4.69, 9.17) is 9.90 Å². The molecule has 0 amide bonds. The lowest BCUT2D eigenvalue weighted by atomic mass is 10.4. The van der Waals surface area contributed by atoms with E-state index in [-0.39, 0.29) is 6.47 Å². The molecule has 2 nitrogen and oxygen atoms in total. The first-order valence-electron chi connectivity index (χ1n) is 2.80. The van der Waals surface area contributed by atoms with Gasteiger partial charge in [-0.25, -0.2) is 0 Å². The maximum Gasteiger partial charge on any atom is 0.290 e. The van der Waals surface area contributed by atoms with Crippen LogP contribution in [0.4, 0.5) is 0 Å². The van der Waals surface area contributed by atoms with Gasteiger partial charge in [0.2, 0.25) is 0 Å². The van der Waals surface area contributed by atoms with Gasteiger partial charge in [0, 0.05) is 13.4 Å². The molecule has 0 saturated heterocycles. The van der Waals surface area contributed by atoms with Crippen LogP contribution in [0.3, 0.4) is 0 Å². The van der Waals surface area contributed by atoms with Crippen LogP contribution in [0, 0.1) is 0 Å². The Hall–Kier alpha value is 0.130. The number of rotatable bonds is 0. The standard InChI is InChI=1S/C6H3Br3.CH2O2/c7-4-2-1-3-5(8)6(4)9;2-1-3/h1-3H;1H,(H,2,3). The van der Waals surface area contributed by atoms with Gasteiger partial charge in [0.15, 0.2) is 0 Å². The van der Waals surface area contributed by atoms with E-state index in [9.17, 15) is 0 Å². The van der Waals surface area contributed by atoms with Crippen molar-refractivity contribution < 1.29 is 9.90 Å². The number of halogens is 3. The van der Waals surface area contributed by atoms with Crippen molar-refractivity contribution in [1.82, 2.24) is 0 Å². The minimum absolute atomic E-state index is 0.250. The summed E-state index contributed by atoms with van der Waals surface area (Å²) in [6, 6.07) is 5.93. The monoisotopic (exact) mass is 358 g/mol. The van der Waals surface area contributed by atoms with Crippen LogP contribution >= 0.6 is 47.8 Å². The number of hydrogen-bond acceptors (Lipinski definition) is 1. The fourth-order valence-electron chi connectivity index (χ4n) is 0.477. The fourth-order valence-corrected chi connectivity index (χ4v) is 1.74. The summed E-state index contributed by atoms with van der Waals surface area (Å²) in [4.78, 5) is 8.36. The van der Waals surface area contributed by atoms with E-state index in [1.54, 1.807) is 0 Å². The topological polar surface area (TPSA) is 37.3 Å². The van der Waals surface area contributed by atoms with Gasteiger partial charge >= 0.3 is 0 Å². The van der Waals surface area contributed by atoms with Crippen LogP contribution in [0.25, 0.3) is 0 Å². The van der Waals surface area contributed by atoms with E-state index in [1.165, 1.54) is 0 Å². The first-order chi connectivity index (χ1) is 5.63. The van der Waals surface area contributed by atoms with Crippen molar-refractivity contribution in [2.75, 3.05) is 0 Å². The number of carbonyl (C=O) groups is 1. The molecule has 12 heavy (non-hydrogen) atoms. The lowest BCUT2D eigenvalue weighted by Gasteiger charge is -1.95. The van der Waals surface area contributed by atoms with Gasteiger partial charge in [0.1, 0.15) is 0 Å². The molecule has 0 heterocycles. The maximum absolute atomic E-state index is 8.36. The summed E-state index contributed by atoms with van der Waals surface area (Å²) < 4.78 is 3.19. The van der Waals surface area contributed by atoms with Crippen LogP contribution in [-0.2, 0) is 4.79 Å². The summed E-state index contributed by atoms with van der Waals surface area (Å²) in [7, 11) is 0. The van der Waals surface area contributed by atoms with Crippen LogP contribution in [0.1, 0.15) is 0 Å². The molecule has 0 unspecified atom stereocenters. The van der Waals surface area contributed by atoms with E-state index < -0.39 is 0 Å². The fraction of sp³-hybridized carbons (Fsp3) is 0. The highest BCUT2D eigenvalue weighted by atomic mass is 79.9. The van der Waals surface area contributed by atoms with Crippen molar-refractivity contribution >= 4 is 54.3 Å². The average molecular weight is 361 g/mol. The molecule has 0 saturated carbocycles. The summed E-state index contributed by atoms with van der Waals surface area (Å²) >= 11 is 10.1. The van der Waals surface area contributed by atoms with Gasteiger partial charge < -0.3 is 5.11 Å². The largest absolute Gasteiger partial charge is 0.483 e. The van der Waals surface area contributed by atoms with E-state index in [0.717, 1.165) is 13.4 Å². The molecule has 1 rings (SSSR count). The van der Waals surface area contributed by atoms with Gasteiger partial charge in [-0.15, -0.1) is 0 Å². The van der Waals surface area contributed by atoms with Crippen LogP contribution < -0.4 is 0 Å². The summed E-state index contributed by atoms with van der Waals surface area (Å²) in [5.74, 6) is 0. The Labute approximate surface area is 95.4 Å². The zero-order valence-corrected chi connectivity index (χ0v) is 10.6. The lowest BCUT2D eigenvalue weighted by Crippen LogP contribution is -1.69. The normalized spacial score (nSPS) is 8.25. The van der Waals surface area contributed by atoms with Crippen molar-refractivity contribution in [3.63, 3.8) is 0 Å². The highest BCUT2D eigenvalue weighted by Crippen LogP contribution is 2.29. The van der Waals surface area contributed by atoms with Crippen LogP contribution in [0.2, 0.25) is 0 Å². The van der Waals surface area contributed by atoms with Crippen molar-refractivity contribution in [2.45, 2.75) is 0 Å². The molecule has 0 aliphatic carbocycles. The van der Waals surface area contributed by atoms with Gasteiger partial charge in [-0.05, 0) is 59.9 Å². The zero-order chi connectivity index (χ0) is 9.56. The van der Waals surface area contributed by atoms with Gasteiger partial charge in [-0.1, -0.05) is 6.07 Å². The Morgan fingerprint density at radius 1 is 1.17 bits per heavy atom. The third-order valence-corrected chi connectivity index (χ3v) is 4.14. The van der Waals surface area contributed by atoms with Gasteiger partial charge in [0.05, 0.1) is 0 Å². The minimum Gasteiger partial charge on any atom is -0.483 e. The van der Waals surface area contributed by atoms with Gasteiger partial charge in [-0.2, -0.15) is 0 Å². The number of hydrogen-bond donors (Lipinski definition) is 1. The molecule has 0 radical (unpaired) electrons. The van der Waals surface area contributed by atoms with Gasteiger partial charge in [0.25, 0.3) is 6.47 Å². The molecule has 0 fully saturated rings. The summed E-state index contributed by atoms with van der Waals surface area (Å²) in [5.41, 5.74) is 0. The second-order valence-electron chi connectivity index (χ2n) is 1.64. The molecule has 66 valence electrons. The van der Waals surface area contributed by atoms with Gasteiger partial charge in [-0.3, -0.25) is 4.79 Å². The molecule has 1 aromatic carbocycles. The Bertz CT molecular complexity index is 243. The smallest absolute Gasteiger partial charge is 0.290 e. The second kappa shape index (κ2) is 6.62. The molecule has 5 heteroatoms. The highest BCUT2D eigenvalue weighted by Gasteiger charge is 1.97. The van der Waals surface area contributed by atoms with Crippen molar-refractivity contribution in [1.29, 1.82) is 0 Å². The molecule has 0 bridgehead atoms. The van der Waals surface area contributed by atoms with Crippen molar-refractivity contribution in [3.05, 3.63) is 31.6 Å². The third-order valence-electron chi connectivity index (χ3n) is 0.904. The van der Waals surface area contributed by atoms with Crippen LogP contribution in [0.15, 0.2) is 31.6 Å². The summed E-state index contributed by atoms with van der Waals surface area (Å²) in [5, 5.41) is 6.89. The van der Waals surface area contributed by atoms with E-state index in [0.29, 0.717) is 0 Å². The zero-order valence-electron chi connectivity index (χ0n) is 5.80. The molecule has 1 N–H and O–H groups in total. The van der Waals surface area contributed by atoms with E-state index in [1.807, 2.05) is 18.2 Å². The van der Waals surface area contributed by atoms with Crippen LogP contribution in [0.5, 0.6) is 0 Å². The van der Waals surface area contributed by atoms with Crippen molar-refractivity contribution in [3.8, 4) is 0 Å². The SMILES string of the molecule is Brc1cccc(Br)c1Br.O=CO. The highest BCUT2D eigenvalue weighted by molar-refractivity contribution is 9.14. The molecule has 0 spiro atoms. The molecular weight excluding hydrogens is 356 g/mol. The predicted octanol–water partition coefficient (Wildman–Crippen LogP) is 3.67. The summed E-state index contributed by atoms with van der Waals surface area (Å²) in [6.45, 7) is -0.250. The molecule has 0 aliphatic heterocycles. The average Bonchev–Trinajstić information content (AvgIpc) is 2.02. The Morgan fingerprint density at radius 3 is 1.75 bits per heavy atom. The van der Waals surface area contributed by atoms with E-state index >= 15 is 0 Å². The Morgan fingerprint density at radius 2 is 1.50 bits per heavy atom. The van der Waals surface area contributed by atoms with Crippen molar-refractivity contribution in [2.24, 2.45) is 0 Å². The second-order valence-corrected chi connectivity index (χ2v) is 4.14. The predicted molar refractivity (Wildman–Crippen MR) is 58.2 cm³/mol. The molecular formula is C7H5Br3O2. The number of benzene rings is 1. The summed E-state index contributed by atoms with van der Waals surface area (Å²) in [6.07, 6.45) is 0. The maximum atomic E-state index is 8.36. The van der Waals surface area contributed by atoms with Crippen LogP contribution in [-0.4, -0.2) is 11.6 Å². The van der Waals surface area contributed by atoms with E-state index in [2.05, 4.69) is 47.8 Å². The molecule has 0 aliphatic rings. The number of carboxylic acid groups (broad SMARTS) is 1. The Balaban J connectivity index is 0.000000354. The molecule has 0 aromatic heterocycles.